The molecule has 0 aliphatic heterocycles. The number of aliphatic hydroxyl groups excluding tert-OH is 1. The Morgan fingerprint density at radius 1 is 1.20 bits per heavy atom. The number of hydrogen-bond acceptors (Lipinski definition) is 4. The summed E-state index contributed by atoms with van der Waals surface area (Å²) < 4.78 is 1.67. The Morgan fingerprint density at radius 2 is 2.00 bits per heavy atom. The van der Waals surface area contributed by atoms with E-state index in [4.69, 9.17) is 0 Å². The Balaban J connectivity index is 1.61. The van der Waals surface area contributed by atoms with E-state index in [2.05, 4.69) is 27.6 Å². The Kier molecular flexibility index (Phi) is 5.25. The van der Waals surface area contributed by atoms with E-state index in [1.54, 1.807) is 29.0 Å². The van der Waals surface area contributed by atoms with Crippen molar-refractivity contribution in [2.24, 2.45) is 0 Å². The van der Waals surface area contributed by atoms with Gasteiger partial charge in [-0.25, -0.2) is 14.3 Å². The molecular weight excluding hydrogens is 318 g/mol. The van der Waals surface area contributed by atoms with Crippen molar-refractivity contribution < 1.29 is 9.90 Å². The number of benzene rings is 1. The van der Waals surface area contributed by atoms with Crippen LogP contribution in [0.2, 0.25) is 0 Å². The molecule has 0 spiro atoms. The molecule has 3 aromatic rings. The molecule has 2 amide bonds. The average Bonchev–Trinajstić information content (AvgIpc) is 3.14. The number of nitrogens with zero attached hydrogens (tertiary/aromatic N) is 3. The summed E-state index contributed by atoms with van der Waals surface area (Å²) >= 11 is 0. The van der Waals surface area contributed by atoms with Crippen LogP contribution in [0.3, 0.4) is 0 Å². The van der Waals surface area contributed by atoms with Crippen molar-refractivity contribution in [2.45, 2.75) is 25.9 Å². The van der Waals surface area contributed by atoms with E-state index in [0.29, 0.717) is 6.54 Å². The van der Waals surface area contributed by atoms with E-state index in [-0.39, 0.29) is 12.6 Å². The van der Waals surface area contributed by atoms with Crippen molar-refractivity contribution >= 4 is 11.7 Å². The third-order valence-electron chi connectivity index (χ3n) is 4.08. The average molecular weight is 339 g/mol. The molecule has 0 aliphatic carbocycles. The van der Waals surface area contributed by atoms with Crippen LogP contribution >= 0.6 is 0 Å². The second kappa shape index (κ2) is 7.76. The zero-order valence-corrected chi connectivity index (χ0v) is 14.0. The second-order valence-electron chi connectivity index (χ2n) is 5.69. The van der Waals surface area contributed by atoms with Crippen LogP contribution in [0.15, 0.2) is 48.8 Å². The second-order valence-corrected chi connectivity index (χ2v) is 5.69. The molecule has 7 nitrogen and oxygen atoms in total. The number of carbonyl (C=O) groups is 1. The number of fused-ring (bicyclic) bond motifs is 1. The van der Waals surface area contributed by atoms with Gasteiger partial charge in [0.15, 0.2) is 5.65 Å². The number of hydrogen-bond donors (Lipinski definition) is 3. The fraction of sp³-hybridized carbons (Fsp3) is 0.278. The highest BCUT2D eigenvalue weighted by molar-refractivity contribution is 5.74. The van der Waals surface area contributed by atoms with Crippen molar-refractivity contribution in [3.8, 4) is 0 Å². The van der Waals surface area contributed by atoms with Gasteiger partial charge >= 0.3 is 6.03 Å². The molecule has 0 saturated carbocycles. The molecule has 130 valence electrons. The summed E-state index contributed by atoms with van der Waals surface area (Å²) in [7, 11) is 0. The lowest BCUT2D eigenvalue weighted by Crippen LogP contribution is -2.39. The summed E-state index contributed by atoms with van der Waals surface area (Å²) in [4.78, 5) is 16.4. The van der Waals surface area contributed by atoms with Crippen LogP contribution in [0.4, 0.5) is 4.79 Å². The zero-order chi connectivity index (χ0) is 17.6. The fourth-order valence-electron chi connectivity index (χ4n) is 2.62. The van der Waals surface area contributed by atoms with Gasteiger partial charge in [0.25, 0.3) is 0 Å². The Morgan fingerprint density at radius 3 is 2.72 bits per heavy atom. The maximum absolute atomic E-state index is 12.2. The van der Waals surface area contributed by atoms with Gasteiger partial charge < -0.3 is 15.7 Å². The molecule has 1 unspecified atom stereocenters. The van der Waals surface area contributed by atoms with E-state index in [0.717, 1.165) is 23.3 Å². The molecule has 3 rings (SSSR count). The highest BCUT2D eigenvalue weighted by Crippen LogP contribution is 2.14. The molecule has 0 radical (unpaired) electrons. The van der Waals surface area contributed by atoms with Gasteiger partial charge in [-0.15, -0.1) is 0 Å². The monoisotopic (exact) mass is 339 g/mol. The standard InChI is InChI=1S/C18H21N5O2/c1-2-13-3-5-14(6-4-13)16(12-24)22-18(25)20-11-15-7-9-19-17-8-10-21-23(15)17/h3-10,16,24H,2,11-12H2,1H3,(H2,20,22,25). The molecule has 1 aromatic carbocycles. The molecule has 0 bridgehead atoms. The maximum Gasteiger partial charge on any atom is 0.315 e. The predicted octanol–water partition coefficient (Wildman–Crippen LogP) is 1.82. The number of aryl methyl sites for hydroxylation is 1. The van der Waals surface area contributed by atoms with Crippen LogP contribution in [0.5, 0.6) is 0 Å². The quantitative estimate of drug-likeness (QED) is 0.639. The van der Waals surface area contributed by atoms with Crippen LogP contribution < -0.4 is 10.6 Å². The molecule has 1 atom stereocenters. The van der Waals surface area contributed by atoms with Crippen LogP contribution in [0.25, 0.3) is 5.65 Å². The topological polar surface area (TPSA) is 91.5 Å². The first-order chi connectivity index (χ1) is 12.2. The number of nitrogens with one attached hydrogen (secondary N) is 2. The van der Waals surface area contributed by atoms with Gasteiger partial charge in [0, 0.05) is 12.3 Å². The van der Waals surface area contributed by atoms with Gasteiger partial charge in [0.2, 0.25) is 0 Å². The van der Waals surface area contributed by atoms with Crippen LogP contribution in [-0.4, -0.2) is 32.3 Å². The SMILES string of the molecule is CCc1ccc(C(CO)NC(=O)NCc2ccnc3ccnn23)cc1. The number of rotatable bonds is 6. The van der Waals surface area contributed by atoms with Gasteiger partial charge in [0.1, 0.15) is 0 Å². The third-order valence-corrected chi connectivity index (χ3v) is 4.08. The minimum Gasteiger partial charge on any atom is -0.394 e. The van der Waals surface area contributed by atoms with E-state index < -0.39 is 6.04 Å². The predicted molar refractivity (Wildman–Crippen MR) is 94.0 cm³/mol. The van der Waals surface area contributed by atoms with Gasteiger partial charge in [-0.2, -0.15) is 5.10 Å². The molecule has 3 N–H and O–H groups in total. The Hall–Kier alpha value is -2.93. The molecule has 25 heavy (non-hydrogen) atoms. The van der Waals surface area contributed by atoms with E-state index in [1.165, 1.54) is 5.56 Å². The minimum atomic E-state index is -0.451. The lowest BCUT2D eigenvalue weighted by molar-refractivity contribution is 0.216. The highest BCUT2D eigenvalue weighted by Gasteiger charge is 2.14. The zero-order valence-electron chi connectivity index (χ0n) is 14.0. The summed E-state index contributed by atoms with van der Waals surface area (Å²) in [6.07, 6.45) is 4.29. The van der Waals surface area contributed by atoms with Crippen LogP contribution in [-0.2, 0) is 13.0 Å². The van der Waals surface area contributed by atoms with E-state index in [9.17, 15) is 9.90 Å². The normalized spacial score (nSPS) is 12.1. The first kappa shape index (κ1) is 16.9. The summed E-state index contributed by atoms with van der Waals surface area (Å²) in [5, 5.41) is 19.3. The first-order valence-electron chi connectivity index (χ1n) is 8.23. The number of amides is 2. The van der Waals surface area contributed by atoms with Crippen molar-refractivity contribution in [1.29, 1.82) is 0 Å². The smallest absolute Gasteiger partial charge is 0.315 e. The van der Waals surface area contributed by atoms with Crippen molar-refractivity contribution in [1.82, 2.24) is 25.2 Å². The van der Waals surface area contributed by atoms with Crippen molar-refractivity contribution in [3.05, 3.63) is 65.6 Å². The number of urea groups is 1. The summed E-state index contributed by atoms with van der Waals surface area (Å²) in [5.41, 5.74) is 3.63. The molecule has 0 aliphatic rings. The van der Waals surface area contributed by atoms with Crippen molar-refractivity contribution in [2.75, 3.05) is 6.61 Å². The fourth-order valence-corrected chi connectivity index (χ4v) is 2.62. The van der Waals surface area contributed by atoms with Gasteiger partial charge in [-0.1, -0.05) is 31.2 Å². The van der Waals surface area contributed by atoms with Gasteiger partial charge in [-0.05, 0) is 23.6 Å². The van der Waals surface area contributed by atoms with Crippen LogP contribution in [0.1, 0.15) is 29.8 Å². The molecule has 0 fully saturated rings. The number of aliphatic hydroxyl groups is 1. The first-order valence-corrected chi connectivity index (χ1v) is 8.23. The largest absolute Gasteiger partial charge is 0.394 e. The summed E-state index contributed by atoms with van der Waals surface area (Å²) in [5.74, 6) is 0. The van der Waals surface area contributed by atoms with E-state index >= 15 is 0 Å². The lowest BCUT2D eigenvalue weighted by atomic mass is 10.0. The van der Waals surface area contributed by atoms with Gasteiger partial charge in [-0.3, -0.25) is 0 Å². The summed E-state index contributed by atoms with van der Waals surface area (Å²) in [6.45, 7) is 2.22. The maximum atomic E-state index is 12.2. The van der Waals surface area contributed by atoms with E-state index in [1.807, 2.05) is 24.3 Å². The molecule has 2 heterocycles. The third kappa shape index (κ3) is 3.95. The van der Waals surface area contributed by atoms with Crippen molar-refractivity contribution in [3.63, 3.8) is 0 Å². The summed E-state index contributed by atoms with van der Waals surface area (Å²) in [6, 6.07) is 10.7. The molecule has 7 heteroatoms. The Bertz CT molecular complexity index is 844. The van der Waals surface area contributed by atoms with Gasteiger partial charge in [0.05, 0.1) is 31.1 Å². The number of aromatic nitrogens is 3. The highest BCUT2D eigenvalue weighted by atomic mass is 16.3. The minimum absolute atomic E-state index is 0.169. The number of carbonyl (C=O) groups excluding carboxylic acids is 1. The Labute approximate surface area is 145 Å². The molecule has 0 saturated heterocycles. The molecule has 2 aromatic heterocycles. The molecular formula is C18H21N5O2. The van der Waals surface area contributed by atoms with Crippen LogP contribution in [0, 0.1) is 0 Å². The lowest BCUT2D eigenvalue weighted by Gasteiger charge is -2.17.